The molecule has 0 unspecified atom stereocenters. The number of nitrogens with zero attached hydrogens (tertiary/aromatic N) is 3. The second kappa shape index (κ2) is 6.72. The molecule has 0 amide bonds. The van der Waals surface area contributed by atoms with Crippen LogP contribution < -0.4 is 9.54 Å². The molecule has 0 saturated carbocycles. The van der Waals surface area contributed by atoms with Crippen molar-refractivity contribution in [2.24, 2.45) is 10.1 Å². The standard InChI is InChI=1S/C16H15N3OS2/c1-12-11-22-16(18-14-7-3-4-8-15(14)20-2)19(12)17-10-13-6-5-9-21-13/h3-11H,1-2H3. The minimum absolute atomic E-state index is 0.752. The number of hydrogen-bond acceptors (Lipinski definition) is 5. The molecule has 2 heterocycles. The van der Waals surface area contributed by atoms with Gasteiger partial charge in [0.15, 0.2) is 0 Å². The molecule has 6 heteroatoms. The van der Waals surface area contributed by atoms with E-state index in [9.17, 15) is 0 Å². The van der Waals surface area contributed by atoms with E-state index in [1.165, 1.54) is 0 Å². The van der Waals surface area contributed by atoms with Gasteiger partial charge in [-0.25, -0.2) is 9.67 Å². The van der Waals surface area contributed by atoms with Crippen LogP contribution in [0.25, 0.3) is 0 Å². The summed E-state index contributed by atoms with van der Waals surface area (Å²) in [4.78, 5) is 6.61. The summed E-state index contributed by atoms with van der Waals surface area (Å²) >= 11 is 3.21. The second-order valence-corrected chi connectivity index (χ2v) is 6.33. The first-order chi connectivity index (χ1) is 10.8. The van der Waals surface area contributed by atoms with Gasteiger partial charge in [-0.3, -0.25) is 0 Å². The van der Waals surface area contributed by atoms with E-state index < -0.39 is 0 Å². The number of thiazole rings is 1. The van der Waals surface area contributed by atoms with Gasteiger partial charge < -0.3 is 4.74 Å². The van der Waals surface area contributed by atoms with Gasteiger partial charge >= 0.3 is 0 Å². The largest absolute Gasteiger partial charge is 0.494 e. The van der Waals surface area contributed by atoms with Crippen molar-refractivity contribution in [1.29, 1.82) is 0 Å². The summed E-state index contributed by atoms with van der Waals surface area (Å²) in [7, 11) is 1.65. The highest BCUT2D eigenvalue weighted by atomic mass is 32.1. The summed E-state index contributed by atoms with van der Waals surface area (Å²) in [5.74, 6) is 0.752. The molecule has 3 rings (SSSR count). The molecule has 0 radical (unpaired) electrons. The van der Waals surface area contributed by atoms with E-state index in [0.717, 1.165) is 26.8 Å². The Morgan fingerprint density at radius 1 is 1.14 bits per heavy atom. The lowest BCUT2D eigenvalue weighted by Gasteiger charge is -2.02. The molecule has 22 heavy (non-hydrogen) atoms. The maximum absolute atomic E-state index is 5.35. The molecule has 0 atom stereocenters. The SMILES string of the molecule is COc1ccccc1N=c1scc(C)n1N=Cc1cccs1. The van der Waals surface area contributed by atoms with Crippen LogP contribution in [0, 0.1) is 6.92 Å². The van der Waals surface area contributed by atoms with Crippen molar-refractivity contribution in [2.75, 3.05) is 7.11 Å². The summed E-state index contributed by atoms with van der Waals surface area (Å²) in [5, 5.41) is 8.61. The predicted molar refractivity (Wildman–Crippen MR) is 92.6 cm³/mol. The van der Waals surface area contributed by atoms with Crippen LogP contribution in [0.4, 0.5) is 5.69 Å². The lowest BCUT2D eigenvalue weighted by atomic mass is 10.3. The van der Waals surface area contributed by atoms with Crippen LogP contribution in [-0.4, -0.2) is 18.0 Å². The van der Waals surface area contributed by atoms with Gasteiger partial charge in [0.1, 0.15) is 11.4 Å². The van der Waals surface area contributed by atoms with E-state index in [2.05, 4.69) is 10.1 Å². The molecule has 3 aromatic rings. The van der Waals surface area contributed by atoms with Gasteiger partial charge in [0.2, 0.25) is 4.80 Å². The average Bonchev–Trinajstić information content (AvgIpc) is 3.17. The van der Waals surface area contributed by atoms with Crippen LogP contribution in [-0.2, 0) is 0 Å². The van der Waals surface area contributed by atoms with E-state index in [0.29, 0.717) is 0 Å². The Labute approximate surface area is 136 Å². The fraction of sp³-hybridized carbons (Fsp3) is 0.125. The third kappa shape index (κ3) is 3.18. The normalized spacial score (nSPS) is 12.2. The van der Waals surface area contributed by atoms with Crippen molar-refractivity contribution in [2.45, 2.75) is 6.92 Å². The van der Waals surface area contributed by atoms with Crippen molar-refractivity contribution in [3.05, 3.63) is 62.5 Å². The Kier molecular flexibility index (Phi) is 4.50. The first-order valence-electron chi connectivity index (χ1n) is 6.70. The predicted octanol–water partition coefficient (Wildman–Crippen LogP) is 4.04. The minimum atomic E-state index is 0.752. The molecule has 0 N–H and O–H groups in total. The molecular formula is C16H15N3OS2. The summed E-state index contributed by atoms with van der Waals surface area (Å²) < 4.78 is 7.19. The molecule has 0 bridgehead atoms. The number of methoxy groups -OCH3 is 1. The summed E-state index contributed by atoms with van der Waals surface area (Å²) in [6, 6.07) is 11.8. The monoisotopic (exact) mass is 329 g/mol. The number of benzene rings is 1. The Morgan fingerprint density at radius 2 is 2.00 bits per heavy atom. The van der Waals surface area contributed by atoms with Gasteiger partial charge in [0, 0.05) is 10.3 Å². The van der Waals surface area contributed by atoms with E-state index in [4.69, 9.17) is 4.74 Å². The number of rotatable bonds is 4. The van der Waals surface area contributed by atoms with Crippen LogP contribution in [0.1, 0.15) is 10.6 Å². The molecule has 0 saturated heterocycles. The van der Waals surface area contributed by atoms with Gasteiger partial charge in [-0.05, 0) is 30.5 Å². The Morgan fingerprint density at radius 3 is 2.77 bits per heavy atom. The number of ether oxygens (including phenoxy) is 1. The number of hydrogen-bond donors (Lipinski definition) is 0. The van der Waals surface area contributed by atoms with Crippen LogP contribution in [0.5, 0.6) is 5.75 Å². The lowest BCUT2D eigenvalue weighted by Crippen LogP contribution is -2.11. The zero-order valence-corrected chi connectivity index (χ0v) is 13.9. The highest BCUT2D eigenvalue weighted by molar-refractivity contribution is 7.11. The average molecular weight is 329 g/mol. The highest BCUT2D eigenvalue weighted by Gasteiger charge is 2.03. The molecule has 112 valence electrons. The van der Waals surface area contributed by atoms with Crippen molar-refractivity contribution in [3.8, 4) is 5.75 Å². The first kappa shape index (κ1) is 14.7. The fourth-order valence-electron chi connectivity index (χ4n) is 1.91. The van der Waals surface area contributed by atoms with Crippen LogP contribution in [0.15, 0.2) is 57.3 Å². The van der Waals surface area contributed by atoms with Gasteiger partial charge in [-0.2, -0.15) is 5.10 Å². The molecule has 0 aliphatic carbocycles. The third-order valence-corrected chi connectivity index (χ3v) is 4.74. The smallest absolute Gasteiger partial charge is 0.211 e. The van der Waals surface area contributed by atoms with Crippen molar-refractivity contribution in [3.63, 3.8) is 0 Å². The number of aromatic nitrogens is 1. The van der Waals surface area contributed by atoms with Gasteiger partial charge in [-0.1, -0.05) is 18.2 Å². The number of thiophene rings is 1. The fourth-order valence-corrected chi connectivity index (χ4v) is 3.30. The zero-order chi connectivity index (χ0) is 15.4. The van der Waals surface area contributed by atoms with E-state index in [-0.39, 0.29) is 0 Å². The maximum Gasteiger partial charge on any atom is 0.211 e. The zero-order valence-electron chi connectivity index (χ0n) is 12.3. The lowest BCUT2D eigenvalue weighted by molar-refractivity contribution is 0.416. The molecule has 0 aliphatic heterocycles. The third-order valence-electron chi connectivity index (χ3n) is 3.00. The van der Waals surface area contributed by atoms with Crippen molar-refractivity contribution in [1.82, 2.24) is 4.68 Å². The van der Waals surface area contributed by atoms with Crippen molar-refractivity contribution >= 4 is 34.6 Å². The highest BCUT2D eigenvalue weighted by Crippen LogP contribution is 2.25. The number of aryl methyl sites for hydroxylation is 1. The quantitative estimate of drug-likeness (QED) is 0.666. The van der Waals surface area contributed by atoms with Gasteiger partial charge in [-0.15, -0.1) is 22.7 Å². The Hall–Kier alpha value is -2.18. The van der Waals surface area contributed by atoms with Crippen LogP contribution >= 0.6 is 22.7 Å². The molecule has 0 fully saturated rings. The second-order valence-electron chi connectivity index (χ2n) is 4.52. The van der Waals surface area contributed by atoms with E-state index >= 15 is 0 Å². The van der Waals surface area contributed by atoms with E-state index in [1.807, 2.05) is 65.0 Å². The molecule has 0 aliphatic rings. The summed E-state index contributed by atoms with van der Waals surface area (Å²) in [5.41, 5.74) is 1.85. The minimum Gasteiger partial charge on any atom is -0.494 e. The topological polar surface area (TPSA) is 38.9 Å². The van der Waals surface area contributed by atoms with E-state index in [1.54, 1.807) is 29.8 Å². The van der Waals surface area contributed by atoms with Gasteiger partial charge in [0.25, 0.3) is 0 Å². The summed E-state index contributed by atoms with van der Waals surface area (Å²) in [6.07, 6.45) is 1.85. The maximum atomic E-state index is 5.35. The Balaban J connectivity index is 2.03. The van der Waals surface area contributed by atoms with Crippen LogP contribution in [0.2, 0.25) is 0 Å². The number of para-hydroxylation sites is 2. The van der Waals surface area contributed by atoms with Crippen molar-refractivity contribution < 1.29 is 4.74 Å². The Bertz CT molecular complexity index is 844. The molecule has 1 aromatic carbocycles. The van der Waals surface area contributed by atoms with Crippen LogP contribution in [0.3, 0.4) is 0 Å². The molecule has 0 spiro atoms. The summed E-state index contributed by atoms with van der Waals surface area (Å²) in [6.45, 7) is 2.02. The molecular weight excluding hydrogens is 314 g/mol. The first-order valence-corrected chi connectivity index (χ1v) is 8.46. The molecule has 4 nitrogen and oxygen atoms in total. The molecule has 2 aromatic heterocycles. The van der Waals surface area contributed by atoms with Gasteiger partial charge in [0.05, 0.1) is 19.0 Å².